The minimum Gasteiger partial charge on any atom is -0.505 e. The molecule has 0 spiro atoms. The first-order valence-electron chi connectivity index (χ1n) is 8.91. The van der Waals surface area contributed by atoms with E-state index in [1.165, 1.54) is 0 Å². The van der Waals surface area contributed by atoms with Crippen LogP contribution in [0.2, 0.25) is 5.02 Å². The number of amides is 1. The lowest BCUT2D eigenvalue weighted by molar-refractivity contribution is 0.102. The average molecular weight is 402 g/mol. The van der Waals surface area contributed by atoms with E-state index in [0.717, 1.165) is 5.39 Å². The molecule has 0 atom stereocenters. The number of phenols is 1. The maximum Gasteiger partial charge on any atom is 0.259 e. The number of carbonyl (C=O) groups excluding carboxylic acids is 1. The van der Waals surface area contributed by atoms with Crippen molar-refractivity contribution in [3.05, 3.63) is 95.5 Å². The number of hydrogen-bond acceptors (Lipinski definition) is 4. The maximum absolute atomic E-state index is 12.8. The summed E-state index contributed by atoms with van der Waals surface area (Å²) in [6.45, 7) is 0. The van der Waals surface area contributed by atoms with E-state index in [1.54, 1.807) is 42.5 Å². The average Bonchev–Trinajstić information content (AvgIpc) is 2.74. The highest BCUT2D eigenvalue weighted by Crippen LogP contribution is 2.40. The van der Waals surface area contributed by atoms with Gasteiger partial charge < -0.3 is 10.4 Å². The molecule has 2 N–H and O–H groups in total. The fourth-order valence-electron chi connectivity index (χ4n) is 2.95. The third-order valence-electron chi connectivity index (χ3n) is 4.38. The molecule has 4 rings (SSSR count). The molecule has 0 aromatic heterocycles. The molecule has 1 amide bonds. The van der Waals surface area contributed by atoms with Crippen molar-refractivity contribution in [2.24, 2.45) is 10.2 Å². The van der Waals surface area contributed by atoms with Crippen molar-refractivity contribution in [1.82, 2.24) is 0 Å². The third-order valence-corrected chi connectivity index (χ3v) is 4.70. The van der Waals surface area contributed by atoms with Gasteiger partial charge >= 0.3 is 0 Å². The second-order valence-electron chi connectivity index (χ2n) is 6.31. The van der Waals surface area contributed by atoms with Crippen LogP contribution in [0.4, 0.5) is 17.1 Å². The number of anilines is 1. The van der Waals surface area contributed by atoms with Crippen molar-refractivity contribution in [1.29, 1.82) is 0 Å². The van der Waals surface area contributed by atoms with Gasteiger partial charge in [-0.25, -0.2) is 0 Å². The minimum absolute atomic E-state index is 0.112. The third kappa shape index (κ3) is 3.95. The molecule has 0 bridgehead atoms. The fourth-order valence-corrected chi connectivity index (χ4v) is 3.12. The fraction of sp³-hybridized carbons (Fsp3) is 0. The molecule has 0 saturated heterocycles. The molecular formula is C23H16ClN3O2. The number of azo groups is 1. The summed E-state index contributed by atoms with van der Waals surface area (Å²) in [6, 6.07) is 25.0. The number of nitrogens with zero attached hydrogens (tertiary/aromatic N) is 2. The summed E-state index contributed by atoms with van der Waals surface area (Å²) < 4.78 is 0. The van der Waals surface area contributed by atoms with Crippen molar-refractivity contribution >= 4 is 45.3 Å². The number of benzene rings is 4. The number of para-hydroxylation sites is 1. The number of phenolic OH excluding ortho intramolecular Hbond substituents is 1. The Bertz CT molecular complexity index is 1220. The van der Waals surface area contributed by atoms with Crippen LogP contribution in [0, 0.1) is 0 Å². The van der Waals surface area contributed by atoms with Gasteiger partial charge in [-0.05, 0) is 35.7 Å². The Morgan fingerprint density at radius 2 is 1.55 bits per heavy atom. The molecule has 0 saturated carbocycles. The summed E-state index contributed by atoms with van der Waals surface area (Å²) in [6.07, 6.45) is 0. The lowest BCUT2D eigenvalue weighted by atomic mass is 10.0. The van der Waals surface area contributed by atoms with Crippen LogP contribution in [0.5, 0.6) is 5.75 Å². The zero-order chi connectivity index (χ0) is 20.2. The topological polar surface area (TPSA) is 74.0 Å². The van der Waals surface area contributed by atoms with Gasteiger partial charge in [-0.3, -0.25) is 4.79 Å². The van der Waals surface area contributed by atoms with Gasteiger partial charge in [-0.1, -0.05) is 66.2 Å². The van der Waals surface area contributed by atoms with Crippen LogP contribution in [0.15, 0.2) is 95.2 Å². The Labute approximate surface area is 172 Å². The Kier molecular flexibility index (Phi) is 5.22. The monoisotopic (exact) mass is 401 g/mol. The summed E-state index contributed by atoms with van der Waals surface area (Å²) in [4.78, 5) is 12.8. The van der Waals surface area contributed by atoms with E-state index in [-0.39, 0.29) is 17.0 Å². The quantitative estimate of drug-likeness (QED) is 0.366. The van der Waals surface area contributed by atoms with Gasteiger partial charge in [0.1, 0.15) is 11.4 Å². The normalized spacial score (nSPS) is 11.1. The van der Waals surface area contributed by atoms with E-state index in [9.17, 15) is 9.90 Å². The van der Waals surface area contributed by atoms with Crippen molar-refractivity contribution in [2.45, 2.75) is 0 Å². The van der Waals surface area contributed by atoms with E-state index in [0.29, 0.717) is 21.8 Å². The second-order valence-corrected chi connectivity index (χ2v) is 6.72. The predicted octanol–water partition coefficient (Wildman–Crippen LogP) is 6.87. The molecule has 6 heteroatoms. The Hall–Kier alpha value is -3.70. The van der Waals surface area contributed by atoms with Crippen LogP contribution >= 0.6 is 11.6 Å². The van der Waals surface area contributed by atoms with Gasteiger partial charge in [-0.15, -0.1) is 10.2 Å². The summed E-state index contributed by atoms with van der Waals surface area (Å²) in [7, 11) is 0. The van der Waals surface area contributed by atoms with Gasteiger partial charge in [0.15, 0.2) is 5.75 Å². The highest BCUT2D eigenvalue weighted by atomic mass is 35.5. The van der Waals surface area contributed by atoms with Crippen molar-refractivity contribution in [3.63, 3.8) is 0 Å². The minimum atomic E-state index is -0.436. The summed E-state index contributed by atoms with van der Waals surface area (Å²) in [5, 5.41) is 23.9. The molecule has 4 aromatic rings. The van der Waals surface area contributed by atoms with Crippen LogP contribution in [0.3, 0.4) is 0 Å². The zero-order valence-corrected chi connectivity index (χ0v) is 16.0. The molecule has 0 heterocycles. The van der Waals surface area contributed by atoms with E-state index in [2.05, 4.69) is 15.5 Å². The molecule has 4 aromatic carbocycles. The predicted molar refractivity (Wildman–Crippen MR) is 116 cm³/mol. The Balaban J connectivity index is 1.80. The van der Waals surface area contributed by atoms with Crippen LogP contribution in [-0.4, -0.2) is 11.0 Å². The molecular weight excluding hydrogens is 386 g/mol. The summed E-state index contributed by atoms with van der Waals surface area (Å²) in [5.41, 5.74) is 1.42. The molecule has 0 unspecified atom stereocenters. The van der Waals surface area contributed by atoms with Crippen LogP contribution in [-0.2, 0) is 0 Å². The highest BCUT2D eigenvalue weighted by Gasteiger charge is 2.18. The number of fused-ring (bicyclic) bond motifs is 1. The molecule has 0 aliphatic rings. The van der Waals surface area contributed by atoms with Gasteiger partial charge in [0.2, 0.25) is 0 Å². The van der Waals surface area contributed by atoms with Gasteiger partial charge in [0.05, 0.1) is 10.6 Å². The number of nitrogens with one attached hydrogen (secondary N) is 1. The first-order valence-corrected chi connectivity index (χ1v) is 9.28. The highest BCUT2D eigenvalue weighted by molar-refractivity contribution is 6.32. The number of hydrogen-bond donors (Lipinski definition) is 2. The van der Waals surface area contributed by atoms with Crippen LogP contribution in [0.25, 0.3) is 10.8 Å². The standard InChI is InChI=1S/C23H16ClN3O2/c24-19-12-6-7-13-20(19)26-27-21-17-11-5-4-8-15(17)14-18(22(21)28)23(29)25-16-9-2-1-3-10-16/h1-14,28H,(H,25,29). The number of halogens is 1. The van der Waals surface area contributed by atoms with E-state index >= 15 is 0 Å². The SMILES string of the molecule is O=C(Nc1ccccc1)c1cc2ccccc2c(N=Nc2ccccc2Cl)c1O. The van der Waals surface area contributed by atoms with Crippen molar-refractivity contribution in [3.8, 4) is 5.75 Å². The van der Waals surface area contributed by atoms with Gasteiger partial charge in [0.25, 0.3) is 5.91 Å². The van der Waals surface area contributed by atoms with E-state index in [4.69, 9.17) is 11.6 Å². The second kappa shape index (κ2) is 8.12. The first-order chi connectivity index (χ1) is 14.1. The summed E-state index contributed by atoms with van der Waals surface area (Å²) in [5.74, 6) is -0.679. The number of carbonyl (C=O) groups is 1. The Morgan fingerprint density at radius 3 is 2.34 bits per heavy atom. The number of aromatic hydroxyl groups is 1. The number of rotatable bonds is 4. The molecule has 5 nitrogen and oxygen atoms in total. The van der Waals surface area contributed by atoms with Crippen LogP contribution < -0.4 is 5.32 Å². The van der Waals surface area contributed by atoms with Crippen molar-refractivity contribution < 1.29 is 9.90 Å². The lowest BCUT2D eigenvalue weighted by Crippen LogP contribution is -2.12. The molecule has 0 aliphatic carbocycles. The Morgan fingerprint density at radius 1 is 0.862 bits per heavy atom. The molecule has 0 aliphatic heterocycles. The van der Waals surface area contributed by atoms with E-state index < -0.39 is 5.91 Å². The van der Waals surface area contributed by atoms with Crippen molar-refractivity contribution in [2.75, 3.05) is 5.32 Å². The van der Waals surface area contributed by atoms with Gasteiger partial charge in [-0.2, -0.15) is 0 Å². The van der Waals surface area contributed by atoms with E-state index in [1.807, 2.05) is 42.5 Å². The first kappa shape index (κ1) is 18.7. The van der Waals surface area contributed by atoms with Crippen LogP contribution in [0.1, 0.15) is 10.4 Å². The molecule has 0 radical (unpaired) electrons. The smallest absolute Gasteiger partial charge is 0.259 e. The molecule has 0 fully saturated rings. The van der Waals surface area contributed by atoms with Gasteiger partial charge in [0, 0.05) is 11.1 Å². The summed E-state index contributed by atoms with van der Waals surface area (Å²) >= 11 is 6.14. The molecule has 29 heavy (non-hydrogen) atoms. The molecule has 142 valence electrons. The lowest BCUT2D eigenvalue weighted by Gasteiger charge is -2.11. The largest absolute Gasteiger partial charge is 0.505 e. The maximum atomic E-state index is 12.8. The zero-order valence-electron chi connectivity index (χ0n) is 15.2.